The number of likely N-dealkylation sites (tertiary alicyclic amines) is 1. The first-order chi connectivity index (χ1) is 14.8. The van der Waals surface area contributed by atoms with Gasteiger partial charge in [0.05, 0.1) is 11.5 Å². The summed E-state index contributed by atoms with van der Waals surface area (Å²) in [6, 6.07) is 5.30. The zero-order valence-corrected chi connectivity index (χ0v) is 18.2. The third-order valence-corrected chi connectivity index (χ3v) is 6.17. The second kappa shape index (κ2) is 10.5. The van der Waals surface area contributed by atoms with Crippen LogP contribution in [0.1, 0.15) is 50.2 Å². The first kappa shape index (κ1) is 23.6. The summed E-state index contributed by atoms with van der Waals surface area (Å²) in [4.78, 5) is 31.2. The van der Waals surface area contributed by atoms with Gasteiger partial charge in [0.15, 0.2) is 0 Å². The van der Waals surface area contributed by atoms with Gasteiger partial charge in [-0.1, -0.05) is 19.1 Å². The van der Waals surface area contributed by atoms with Crippen LogP contribution in [0.3, 0.4) is 0 Å². The van der Waals surface area contributed by atoms with E-state index in [9.17, 15) is 22.8 Å². The zero-order chi connectivity index (χ0) is 22.4. The molecule has 8 heteroatoms. The lowest BCUT2D eigenvalue weighted by atomic mass is 9.96. The Labute approximate surface area is 182 Å². The highest BCUT2D eigenvalue weighted by molar-refractivity contribution is 5.81. The van der Waals surface area contributed by atoms with Crippen molar-refractivity contribution in [2.24, 2.45) is 5.92 Å². The SMILES string of the molecule is CCCC(=O)N1CCCC(C(=O)N2CCCN(Cc3ccc(C(F)(F)F)cc3)CC2)C1. The molecule has 0 radical (unpaired) electrons. The number of halogens is 3. The molecule has 2 aliphatic rings. The number of amides is 2. The van der Waals surface area contributed by atoms with Gasteiger partial charge in [-0.2, -0.15) is 13.2 Å². The molecule has 1 atom stereocenters. The second-order valence-electron chi connectivity index (χ2n) is 8.58. The number of rotatable bonds is 5. The Morgan fingerprint density at radius 1 is 0.968 bits per heavy atom. The van der Waals surface area contributed by atoms with Crippen molar-refractivity contribution in [1.29, 1.82) is 0 Å². The molecule has 3 rings (SSSR count). The van der Waals surface area contributed by atoms with E-state index in [0.717, 1.165) is 56.5 Å². The van der Waals surface area contributed by atoms with Gasteiger partial charge in [0.2, 0.25) is 11.8 Å². The first-order valence-corrected chi connectivity index (χ1v) is 11.2. The Morgan fingerprint density at radius 3 is 2.35 bits per heavy atom. The molecular weight excluding hydrogens is 407 g/mol. The number of piperidine rings is 1. The van der Waals surface area contributed by atoms with Gasteiger partial charge in [0.1, 0.15) is 0 Å². The fourth-order valence-electron chi connectivity index (χ4n) is 4.44. The molecule has 2 heterocycles. The van der Waals surface area contributed by atoms with Gasteiger partial charge in [-0.05, 0) is 43.4 Å². The summed E-state index contributed by atoms with van der Waals surface area (Å²) in [6.45, 7) is 6.60. The maximum absolute atomic E-state index is 13.1. The molecule has 0 bridgehead atoms. The van der Waals surface area contributed by atoms with Crippen LogP contribution in [0.25, 0.3) is 0 Å². The quantitative estimate of drug-likeness (QED) is 0.702. The molecule has 172 valence electrons. The van der Waals surface area contributed by atoms with E-state index < -0.39 is 11.7 Å². The van der Waals surface area contributed by atoms with E-state index in [1.807, 2.05) is 16.7 Å². The number of carbonyl (C=O) groups is 2. The Morgan fingerprint density at radius 2 is 1.68 bits per heavy atom. The number of carbonyl (C=O) groups excluding carboxylic acids is 2. The first-order valence-electron chi connectivity index (χ1n) is 11.2. The predicted octanol–water partition coefficient (Wildman–Crippen LogP) is 3.78. The molecular formula is C23H32F3N3O2. The highest BCUT2D eigenvalue weighted by Crippen LogP contribution is 2.29. The van der Waals surface area contributed by atoms with Crippen molar-refractivity contribution in [3.05, 3.63) is 35.4 Å². The van der Waals surface area contributed by atoms with Gasteiger partial charge in [-0.3, -0.25) is 14.5 Å². The lowest BCUT2D eigenvalue weighted by Gasteiger charge is -2.35. The molecule has 0 aliphatic carbocycles. The Bertz CT molecular complexity index is 751. The highest BCUT2D eigenvalue weighted by atomic mass is 19.4. The minimum Gasteiger partial charge on any atom is -0.342 e. The summed E-state index contributed by atoms with van der Waals surface area (Å²) in [6.07, 6.45) is -0.464. The van der Waals surface area contributed by atoms with E-state index in [1.165, 1.54) is 12.1 Å². The lowest BCUT2D eigenvalue weighted by Crippen LogP contribution is -2.47. The lowest BCUT2D eigenvalue weighted by molar-refractivity contribution is -0.141. The third kappa shape index (κ3) is 6.45. The van der Waals surface area contributed by atoms with Gasteiger partial charge < -0.3 is 9.80 Å². The predicted molar refractivity (Wildman–Crippen MR) is 112 cm³/mol. The smallest absolute Gasteiger partial charge is 0.342 e. The fraction of sp³-hybridized carbons (Fsp3) is 0.652. The summed E-state index contributed by atoms with van der Waals surface area (Å²) < 4.78 is 38.2. The van der Waals surface area contributed by atoms with Crippen molar-refractivity contribution in [1.82, 2.24) is 14.7 Å². The van der Waals surface area contributed by atoms with Crippen molar-refractivity contribution in [3.63, 3.8) is 0 Å². The number of alkyl halides is 3. The second-order valence-corrected chi connectivity index (χ2v) is 8.58. The van der Waals surface area contributed by atoms with Gasteiger partial charge in [-0.25, -0.2) is 0 Å². The summed E-state index contributed by atoms with van der Waals surface area (Å²) >= 11 is 0. The van der Waals surface area contributed by atoms with Gasteiger partial charge in [0, 0.05) is 52.2 Å². The van der Waals surface area contributed by atoms with E-state index in [-0.39, 0.29) is 17.7 Å². The van der Waals surface area contributed by atoms with E-state index in [4.69, 9.17) is 0 Å². The number of nitrogens with zero attached hydrogens (tertiary/aromatic N) is 3. The standard InChI is InChI=1S/C23H32F3N3O2/c1-2-5-21(30)29-12-3-6-19(17-29)22(31)28-13-4-11-27(14-15-28)16-18-7-9-20(10-8-18)23(24,25)26/h7-10,19H,2-6,11-17H2,1H3. The molecule has 2 saturated heterocycles. The average Bonchev–Trinajstić information content (AvgIpc) is 2.99. The van der Waals surface area contributed by atoms with Crippen LogP contribution in [0.5, 0.6) is 0 Å². The summed E-state index contributed by atoms with van der Waals surface area (Å²) in [5, 5.41) is 0. The molecule has 2 fully saturated rings. The highest BCUT2D eigenvalue weighted by Gasteiger charge is 2.32. The van der Waals surface area contributed by atoms with Crippen LogP contribution >= 0.6 is 0 Å². The third-order valence-electron chi connectivity index (χ3n) is 6.17. The van der Waals surface area contributed by atoms with Crippen molar-refractivity contribution >= 4 is 11.8 Å². The van der Waals surface area contributed by atoms with E-state index in [2.05, 4.69) is 4.90 Å². The monoisotopic (exact) mass is 439 g/mol. The van der Waals surface area contributed by atoms with Crippen molar-refractivity contribution in [3.8, 4) is 0 Å². The van der Waals surface area contributed by atoms with Crippen LogP contribution in [0.15, 0.2) is 24.3 Å². The van der Waals surface area contributed by atoms with Crippen LogP contribution in [0.4, 0.5) is 13.2 Å². The number of hydrogen-bond acceptors (Lipinski definition) is 3. The fourth-order valence-corrected chi connectivity index (χ4v) is 4.44. The average molecular weight is 440 g/mol. The molecule has 2 amide bonds. The molecule has 31 heavy (non-hydrogen) atoms. The molecule has 1 aromatic rings. The Kier molecular flexibility index (Phi) is 7.97. The Hall–Kier alpha value is -2.09. The zero-order valence-electron chi connectivity index (χ0n) is 18.2. The normalized spacial score (nSPS) is 21.1. The Balaban J connectivity index is 1.52. The van der Waals surface area contributed by atoms with E-state index in [1.54, 1.807) is 0 Å². The van der Waals surface area contributed by atoms with Crippen LogP contribution in [0.2, 0.25) is 0 Å². The topological polar surface area (TPSA) is 43.9 Å². The molecule has 0 saturated carbocycles. The summed E-state index contributed by atoms with van der Waals surface area (Å²) in [7, 11) is 0. The molecule has 1 unspecified atom stereocenters. The van der Waals surface area contributed by atoms with Gasteiger partial charge in [-0.15, -0.1) is 0 Å². The maximum Gasteiger partial charge on any atom is 0.416 e. The summed E-state index contributed by atoms with van der Waals surface area (Å²) in [5.41, 5.74) is 0.202. The maximum atomic E-state index is 13.1. The largest absolute Gasteiger partial charge is 0.416 e. The molecule has 0 N–H and O–H groups in total. The molecule has 0 aromatic heterocycles. The number of benzene rings is 1. The van der Waals surface area contributed by atoms with Crippen LogP contribution in [-0.2, 0) is 22.3 Å². The minimum absolute atomic E-state index is 0.129. The van der Waals surface area contributed by atoms with Crippen molar-refractivity contribution < 1.29 is 22.8 Å². The molecule has 0 spiro atoms. The minimum atomic E-state index is -4.32. The van der Waals surface area contributed by atoms with Crippen LogP contribution < -0.4 is 0 Å². The molecule has 5 nitrogen and oxygen atoms in total. The molecule has 1 aromatic carbocycles. The van der Waals surface area contributed by atoms with Gasteiger partial charge >= 0.3 is 6.18 Å². The van der Waals surface area contributed by atoms with Crippen molar-refractivity contribution in [2.75, 3.05) is 39.3 Å². The summed E-state index contributed by atoms with van der Waals surface area (Å²) in [5.74, 6) is 0.139. The number of hydrogen-bond donors (Lipinski definition) is 0. The van der Waals surface area contributed by atoms with Crippen LogP contribution in [-0.4, -0.2) is 65.8 Å². The van der Waals surface area contributed by atoms with E-state index >= 15 is 0 Å². The molecule has 2 aliphatic heterocycles. The van der Waals surface area contributed by atoms with Crippen molar-refractivity contribution in [2.45, 2.75) is 51.7 Å². The van der Waals surface area contributed by atoms with Gasteiger partial charge in [0.25, 0.3) is 0 Å². The van der Waals surface area contributed by atoms with E-state index in [0.29, 0.717) is 39.1 Å². The van der Waals surface area contributed by atoms with Crippen LogP contribution in [0, 0.1) is 5.92 Å².